The van der Waals surface area contributed by atoms with Crippen LogP contribution >= 0.6 is 0 Å². The van der Waals surface area contributed by atoms with Gasteiger partial charge in [-0.1, -0.05) is 0 Å². The first-order chi connectivity index (χ1) is 9.19. The molecule has 0 fully saturated rings. The second-order valence-corrected chi connectivity index (χ2v) is 3.75. The van der Waals surface area contributed by atoms with Crippen LogP contribution in [0.15, 0.2) is 36.5 Å². The van der Waals surface area contributed by atoms with Crippen LogP contribution in [-0.4, -0.2) is 22.2 Å². The number of ether oxygens (including phenoxy) is 1. The molecule has 1 N–H and O–H groups in total. The zero-order valence-corrected chi connectivity index (χ0v) is 10.2. The van der Waals surface area contributed by atoms with Gasteiger partial charge in [-0.05, 0) is 12.1 Å². The van der Waals surface area contributed by atoms with Gasteiger partial charge in [0.05, 0.1) is 30.3 Å². The predicted octanol–water partition coefficient (Wildman–Crippen LogP) is 2.01. The molecule has 0 unspecified atom stereocenters. The lowest BCUT2D eigenvalue weighted by molar-refractivity contribution is -0.384. The molecule has 7 heteroatoms. The molecular weight excluding hydrogens is 248 g/mol. The molecule has 0 radical (unpaired) electrons. The minimum absolute atomic E-state index is 0.0269. The average molecular weight is 260 g/mol. The number of nitrogens with one attached hydrogen (secondary N) is 1. The normalized spacial score (nSPS) is 9.95. The molecule has 0 amide bonds. The lowest BCUT2D eigenvalue weighted by Crippen LogP contribution is -2.03. The number of nitro groups is 1. The van der Waals surface area contributed by atoms with Gasteiger partial charge in [0.15, 0.2) is 0 Å². The summed E-state index contributed by atoms with van der Waals surface area (Å²) in [5.74, 6) is 0.427. The number of hydrogen-bond donors (Lipinski definition) is 1. The molecule has 0 aliphatic carbocycles. The molecule has 98 valence electrons. The van der Waals surface area contributed by atoms with Crippen LogP contribution in [-0.2, 0) is 6.54 Å². The molecule has 2 aromatic rings. The molecule has 0 saturated heterocycles. The van der Waals surface area contributed by atoms with Gasteiger partial charge in [-0.3, -0.25) is 10.1 Å². The van der Waals surface area contributed by atoms with Crippen LogP contribution in [0.2, 0.25) is 0 Å². The van der Waals surface area contributed by atoms with E-state index in [1.165, 1.54) is 19.2 Å². The van der Waals surface area contributed by atoms with Gasteiger partial charge in [0.2, 0.25) is 0 Å². The van der Waals surface area contributed by atoms with Gasteiger partial charge >= 0.3 is 0 Å². The summed E-state index contributed by atoms with van der Waals surface area (Å²) in [6.07, 6.45) is 1.58. The van der Waals surface area contributed by atoms with E-state index < -0.39 is 4.92 Å². The van der Waals surface area contributed by atoms with E-state index in [9.17, 15) is 10.1 Å². The van der Waals surface area contributed by atoms with Crippen molar-refractivity contribution in [1.29, 1.82) is 0 Å². The molecule has 1 heterocycles. The van der Waals surface area contributed by atoms with E-state index in [2.05, 4.69) is 15.5 Å². The molecule has 7 nitrogen and oxygen atoms in total. The van der Waals surface area contributed by atoms with Crippen LogP contribution in [0.25, 0.3) is 0 Å². The Kier molecular flexibility index (Phi) is 3.87. The van der Waals surface area contributed by atoms with Crippen molar-refractivity contribution < 1.29 is 9.66 Å². The van der Waals surface area contributed by atoms with Crippen molar-refractivity contribution in [3.05, 3.63) is 52.3 Å². The van der Waals surface area contributed by atoms with E-state index >= 15 is 0 Å². The number of rotatable bonds is 5. The quantitative estimate of drug-likeness (QED) is 0.653. The summed E-state index contributed by atoms with van der Waals surface area (Å²) in [4.78, 5) is 10.3. The average Bonchev–Trinajstić information content (AvgIpc) is 2.45. The van der Waals surface area contributed by atoms with Crippen molar-refractivity contribution in [2.45, 2.75) is 6.54 Å². The highest BCUT2D eigenvalue weighted by Gasteiger charge is 2.10. The first kappa shape index (κ1) is 12.7. The number of nitro benzene ring substituents is 1. The van der Waals surface area contributed by atoms with Gasteiger partial charge in [-0.15, -0.1) is 0 Å². The summed E-state index contributed by atoms with van der Waals surface area (Å²) < 4.78 is 5.03. The maximum atomic E-state index is 10.8. The van der Waals surface area contributed by atoms with E-state index in [-0.39, 0.29) is 5.69 Å². The fraction of sp³-hybridized carbons (Fsp3) is 0.167. The van der Waals surface area contributed by atoms with E-state index in [1.807, 2.05) is 6.07 Å². The summed E-state index contributed by atoms with van der Waals surface area (Å²) in [6.45, 7) is 0.429. The summed E-state index contributed by atoms with van der Waals surface area (Å²) in [7, 11) is 1.46. The van der Waals surface area contributed by atoms with Crippen LogP contribution in [0.3, 0.4) is 0 Å². The fourth-order valence-corrected chi connectivity index (χ4v) is 1.53. The van der Waals surface area contributed by atoms with E-state index in [4.69, 9.17) is 4.74 Å². The Morgan fingerprint density at radius 2 is 2.26 bits per heavy atom. The monoisotopic (exact) mass is 260 g/mol. The third-order valence-corrected chi connectivity index (χ3v) is 2.44. The Bertz CT molecular complexity index is 574. The fourth-order valence-electron chi connectivity index (χ4n) is 1.53. The Balaban J connectivity index is 2.15. The zero-order chi connectivity index (χ0) is 13.7. The number of benzene rings is 1. The van der Waals surface area contributed by atoms with Gasteiger partial charge in [0.1, 0.15) is 5.75 Å². The van der Waals surface area contributed by atoms with E-state index in [0.29, 0.717) is 18.0 Å². The van der Waals surface area contributed by atoms with Crippen LogP contribution in [0.4, 0.5) is 11.4 Å². The summed E-state index contributed by atoms with van der Waals surface area (Å²) in [6, 6.07) is 8.09. The summed E-state index contributed by atoms with van der Waals surface area (Å²) >= 11 is 0. The maximum absolute atomic E-state index is 10.8. The molecule has 1 aromatic heterocycles. The zero-order valence-electron chi connectivity index (χ0n) is 10.2. The number of anilines is 1. The Morgan fingerprint density at radius 3 is 2.89 bits per heavy atom. The molecule has 0 aliphatic heterocycles. The lowest BCUT2D eigenvalue weighted by Gasteiger charge is -2.07. The van der Waals surface area contributed by atoms with Crippen molar-refractivity contribution in [2.24, 2.45) is 0 Å². The first-order valence-electron chi connectivity index (χ1n) is 5.53. The van der Waals surface area contributed by atoms with Gasteiger partial charge in [0.25, 0.3) is 5.69 Å². The Labute approximate surface area is 109 Å². The van der Waals surface area contributed by atoms with Crippen molar-refractivity contribution in [3.63, 3.8) is 0 Å². The molecule has 2 rings (SSSR count). The van der Waals surface area contributed by atoms with E-state index in [0.717, 1.165) is 5.69 Å². The van der Waals surface area contributed by atoms with Crippen molar-refractivity contribution in [1.82, 2.24) is 10.2 Å². The van der Waals surface area contributed by atoms with Crippen LogP contribution in [0.1, 0.15) is 5.69 Å². The second kappa shape index (κ2) is 5.76. The van der Waals surface area contributed by atoms with Gasteiger partial charge < -0.3 is 10.1 Å². The minimum atomic E-state index is -0.462. The maximum Gasteiger partial charge on any atom is 0.275 e. The minimum Gasteiger partial charge on any atom is -0.496 e. The second-order valence-electron chi connectivity index (χ2n) is 3.75. The lowest BCUT2D eigenvalue weighted by atomic mass is 10.2. The largest absolute Gasteiger partial charge is 0.496 e. The smallest absolute Gasteiger partial charge is 0.275 e. The molecule has 0 bridgehead atoms. The number of hydrogen-bond acceptors (Lipinski definition) is 6. The number of aromatic nitrogens is 2. The number of non-ortho nitro benzene ring substituents is 1. The van der Waals surface area contributed by atoms with Crippen LogP contribution in [0.5, 0.6) is 5.75 Å². The molecule has 19 heavy (non-hydrogen) atoms. The third-order valence-electron chi connectivity index (χ3n) is 2.44. The van der Waals surface area contributed by atoms with Crippen molar-refractivity contribution in [3.8, 4) is 5.75 Å². The number of nitrogens with zero attached hydrogens (tertiary/aromatic N) is 3. The highest BCUT2D eigenvalue weighted by atomic mass is 16.6. The Hall–Kier alpha value is -2.70. The highest BCUT2D eigenvalue weighted by molar-refractivity contribution is 5.56. The van der Waals surface area contributed by atoms with Gasteiger partial charge in [-0.25, -0.2) is 0 Å². The van der Waals surface area contributed by atoms with Crippen molar-refractivity contribution in [2.75, 3.05) is 12.4 Å². The van der Waals surface area contributed by atoms with Crippen LogP contribution < -0.4 is 10.1 Å². The molecule has 0 spiro atoms. The van der Waals surface area contributed by atoms with Gasteiger partial charge in [-0.2, -0.15) is 10.2 Å². The Morgan fingerprint density at radius 1 is 1.42 bits per heavy atom. The van der Waals surface area contributed by atoms with Gasteiger partial charge in [0, 0.05) is 24.0 Å². The molecule has 1 aromatic carbocycles. The first-order valence-corrected chi connectivity index (χ1v) is 5.53. The number of methoxy groups -OCH3 is 1. The summed E-state index contributed by atoms with van der Waals surface area (Å²) in [5, 5.41) is 21.5. The SMILES string of the molecule is COc1cc(NCc2cccnn2)cc([N+](=O)[O-])c1. The molecule has 0 saturated carbocycles. The predicted molar refractivity (Wildman–Crippen MR) is 69.0 cm³/mol. The van der Waals surface area contributed by atoms with Crippen LogP contribution in [0, 0.1) is 10.1 Å². The molecule has 0 aliphatic rings. The summed E-state index contributed by atoms with van der Waals surface area (Å²) in [5.41, 5.74) is 1.31. The topological polar surface area (TPSA) is 90.2 Å². The third kappa shape index (κ3) is 3.38. The molecular formula is C12H12N4O3. The van der Waals surface area contributed by atoms with E-state index in [1.54, 1.807) is 18.3 Å². The standard InChI is InChI=1S/C12H12N4O3/c1-19-12-6-10(5-11(7-12)16(17)18)13-8-9-3-2-4-14-15-9/h2-7,13H,8H2,1H3. The van der Waals surface area contributed by atoms with Crippen molar-refractivity contribution >= 4 is 11.4 Å². The highest BCUT2D eigenvalue weighted by Crippen LogP contribution is 2.25. The molecule has 0 atom stereocenters.